The minimum Gasteiger partial charge on any atom is -0.507 e. The van der Waals surface area contributed by atoms with Crippen LogP contribution in [0.15, 0.2) is 41.4 Å². The largest absolute Gasteiger partial charge is 0.507 e. The van der Waals surface area contributed by atoms with Gasteiger partial charge in [0.25, 0.3) is 0 Å². The van der Waals surface area contributed by atoms with Crippen LogP contribution in [0, 0.1) is 3.57 Å². The molecule has 0 fully saturated rings. The predicted molar refractivity (Wildman–Crippen MR) is 85.6 cm³/mol. The smallest absolute Gasteiger partial charge is 0.141 e. The van der Waals surface area contributed by atoms with Crippen LogP contribution in [0.25, 0.3) is 0 Å². The van der Waals surface area contributed by atoms with Gasteiger partial charge < -0.3 is 10.2 Å². The second kappa shape index (κ2) is 6.06. The van der Waals surface area contributed by atoms with Gasteiger partial charge in [-0.3, -0.25) is 4.99 Å². The molecule has 2 rings (SSSR count). The zero-order valence-corrected chi connectivity index (χ0v) is 12.6. The van der Waals surface area contributed by atoms with Crippen molar-refractivity contribution in [1.29, 1.82) is 0 Å². The lowest BCUT2D eigenvalue weighted by Gasteiger charge is -2.05. The molecule has 0 aromatic heterocycles. The van der Waals surface area contributed by atoms with Gasteiger partial charge in [-0.05, 0) is 58.8 Å². The number of rotatable bonds is 3. The van der Waals surface area contributed by atoms with Gasteiger partial charge in [-0.2, -0.15) is 0 Å². The van der Waals surface area contributed by atoms with Gasteiger partial charge >= 0.3 is 0 Å². The summed E-state index contributed by atoms with van der Waals surface area (Å²) in [6.07, 6.45) is 2.37. The molecule has 0 atom stereocenters. The molecule has 2 N–H and O–H groups in total. The molecule has 2 aromatic carbocycles. The third-order valence-electron chi connectivity index (χ3n) is 2.80. The molecule has 98 valence electrons. The van der Waals surface area contributed by atoms with E-state index >= 15 is 0 Å². The highest BCUT2D eigenvalue weighted by Gasteiger charge is 2.05. The standard InChI is InChI=1S/C15H14INO2/c1-2-10-4-3-5-14(19)15(10)17-9-11-8-12(16)6-7-13(11)18/h3-9,18-19H,2H2,1H3. The summed E-state index contributed by atoms with van der Waals surface area (Å²) in [5, 5.41) is 19.6. The Morgan fingerprint density at radius 1 is 1.16 bits per heavy atom. The number of halogens is 1. The average Bonchev–Trinajstić information content (AvgIpc) is 2.40. The van der Waals surface area contributed by atoms with E-state index in [0.717, 1.165) is 15.6 Å². The highest BCUT2D eigenvalue weighted by Crippen LogP contribution is 2.31. The molecule has 0 unspecified atom stereocenters. The van der Waals surface area contributed by atoms with Crippen molar-refractivity contribution in [3.05, 3.63) is 51.1 Å². The van der Waals surface area contributed by atoms with Gasteiger partial charge in [0.15, 0.2) is 0 Å². The van der Waals surface area contributed by atoms with Gasteiger partial charge in [-0.1, -0.05) is 19.1 Å². The Balaban J connectivity index is 2.40. The quantitative estimate of drug-likeness (QED) is 0.636. The van der Waals surface area contributed by atoms with Crippen LogP contribution >= 0.6 is 22.6 Å². The molecular formula is C15H14INO2. The fraction of sp³-hybridized carbons (Fsp3) is 0.133. The van der Waals surface area contributed by atoms with E-state index < -0.39 is 0 Å². The summed E-state index contributed by atoms with van der Waals surface area (Å²) >= 11 is 2.18. The van der Waals surface area contributed by atoms with Gasteiger partial charge in [-0.25, -0.2) is 0 Å². The lowest BCUT2D eigenvalue weighted by Crippen LogP contribution is -1.86. The Bertz CT molecular complexity index is 624. The topological polar surface area (TPSA) is 52.8 Å². The number of phenols is 2. The highest BCUT2D eigenvalue weighted by atomic mass is 127. The zero-order chi connectivity index (χ0) is 13.8. The van der Waals surface area contributed by atoms with Gasteiger partial charge in [-0.15, -0.1) is 0 Å². The number of aryl methyl sites for hydroxylation is 1. The fourth-order valence-electron chi connectivity index (χ4n) is 1.77. The summed E-state index contributed by atoms with van der Waals surface area (Å²) in [4.78, 5) is 4.31. The van der Waals surface area contributed by atoms with Crippen molar-refractivity contribution in [2.24, 2.45) is 4.99 Å². The Morgan fingerprint density at radius 3 is 2.68 bits per heavy atom. The number of benzene rings is 2. The molecule has 2 aromatic rings. The number of phenolic OH excluding ortho intramolecular Hbond substituents is 2. The van der Waals surface area contributed by atoms with Gasteiger partial charge in [0.1, 0.15) is 17.2 Å². The van der Waals surface area contributed by atoms with E-state index in [1.54, 1.807) is 24.4 Å². The second-order valence-electron chi connectivity index (χ2n) is 4.10. The predicted octanol–water partition coefficient (Wildman–Crippen LogP) is 4.02. The van der Waals surface area contributed by atoms with E-state index in [1.165, 1.54) is 0 Å². The van der Waals surface area contributed by atoms with Crippen LogP contribution in [0.3, 0.4) is 0 Å². The van der Waals surface area contributed by atoms with E-state index in [4.69, 9.17) is 0 Å². The molecule has 0 heterocycles. The van der Waals surface area contributed by atoms with E-state index in [0.29, 0.717) is 11.3 Å². The Morgan fingerprint density at radius 2 is 1.95 bits per heavy atom. The highest BCUT2D eigenvalue weighted by molar-refractivity contribution is 14.1. The molecule has 0 spiro atoms. The molecule has 3 nitrogen and oxygen atoms in total. The van der Waals surface area contributed by atoms with Crippen LogP contribution in [0.1, 0.15) is 18.1 Å². The minimum absolute atomic E-state index is 0.153. The third-order valence-corrected chi connectivity index (χ3v) is 3.47. The van der Waals surface area contributed by atoms with Crippen molar-refractivity contribution in [3.63, 3.8) is 0 Å². The second-order valence-corrected chi connectivity index (χ2v) is 5.35. The van der Waals surface area contributed by atoms with E-state index in [9.17, 15) is 10.2 Å². The maximum atomic E-state index is 9.85. The molecule has 4 heteroatoms. The first-order valence-electron chi connectivity index (χ1n) is 5.95. The van der Waals surface area contributed by atoms with Gasteiger partial charge in [0, 0.05) is 15.3 Å². The summed E-state index contributed by atoms with van der Waals surface area (Å²) in [5.41, 5.74) is 2.17. The first-order valence-corrected chi connectivity index (χ1v) is 7.03. The monoisotopic (exact) mass is 367 g/mol. The van der Waals surface area contributed by atoms with Crippen LogP contribution in [0.2, 0.25) is 0 Å². The number of hydrogen-bond donors (Lipinski definition) is 2. The van der Waals surface area contributed by atoms with Crippen molar-refractivity contribution in [2.75, 3.05) is 0 Å². The molecule has 0 saturated heterocycles. The first-order chi connectivity index (χ1) is 9.11. The Kier molecular flexibility index (Phi) is 4.42. The fourth-order valence-corrected chi connectivity index (χ4v) is 2.29. The van der Waals surface area contributed by atoms with Crippen LogP contribution in [0.5, 0.6) is 11.5 Å². The molecular weight excluding hydrogens is 353 g/mol. The normalized spacial score (nSPS) is 11.1. The number of para-hydroxylation sites is 1. The number of hydrogen-bond acceptors (Lipinski definition) is 3. The summed E-state index contributed by atoms with van der Waals surface area (Å²) in [7, 11) is 0. The Hall–Kier alpha value is -1.56. The maximum absolute atomic E-state index is 9.85. The van der Waals surface area contributed by atoms with E-state index in [2.05, 4.69) is 27.6 Å². The van der Waals surface area contributed by atoms with Crippen LogP contribution in [-0.4, -0.2) is 16.4 Å². The van der Waals surface area contributed by atoms with E-state index in [-0.39, 0.29) is 11.5 Å². The number of aliphatic imine (C=N–C) groups is 1. The van der Waals surface area contributed by atoms with Crippen LogP contribution in [0.4, 0.5) is 5.69 Å². The summed E-state index contributed by atoms with van der Waals surface area (Å²) < 4.78 is 1.02. The lowest BCUT2D eigenvalue weighted by molar-refractivity contribution is 0.473. The molecule has 0 saturated carbocycles. The molecule has 0 aliphatic carbocycles. The minimum atomic E-state index is 0.153. The molecule has 0 radical (unpaired) electrons. The third kappa shape index (κ3) is 3.26. The maximum Gasteiger partial charge on any atom is 0.141 e. The SMILES string of the molecule is CCc1cccc(O)c1N=Cc1cc(I)ccc1O. The van der Waals surface area contributed by atoms with Crippen molar-refractivity contribution in [1.82, 2.24) is 0 Å². The summed E-state index contributed by atoms with van der Waals surface area (Å²) in [6.45, 7) is 2.01. The number of nitrogens with zero attached hydrogens (tertiary/aromatic N) is 1. The summed E-state index contributed by atoms with van der Waals surface area (Å²) in [5.74, 6) is 0.332. The van der Waals surface area contributed by atoms with Crippen LogP contribution in [-0.2, 0) is 6.42 Å². The van der Waals surface area contributed by atoms with E-state index in [1.807, 2.05) is 25.1 Å². The molecule has 0 bridgehead atoms. The van der Waals surface area contributed by atoms with Crippen molar-refractivity contribution < 1.29 is 10.2 Å². The molecule has 0 aliphatic heterocycles. The molecule has 19 heavy (non-hydrogen) atoms. The summed E-state index contributed by atoms with van der Waals surface area (Å²) in [6, 6.07) is 10.6. The van der Waals surface area contributed by atoms with Gasteiger partial charge in [0.05, 0.1) is 0 Å². The van der Waals surface area contributed by atoms with Crippen molar-refractivity contribution in [3.8, 4) is 11.5 Å². The molecule has 0 aliphatic rings. The van der Waals surface area contributed by atoms with Crippen molar-refractivity contribution >= 4 is 34.5 Å². The Labute approximate surface area is 125 Å². The number of aromatic hydroxyl groups is 2. The molecule has 0 amide bonds. The van der Waals surface area contributed by atoms with Gasteiger partial charge in [0.2, 0.25) is 0 Å². The van der Waals surface area contributed by atoms with Crippen LogP contribution < -0.4 is 0 Å². The first kappa shape index (κ1) is 13.9. The zero-order valence-electron chi connectivity index (χ0n) is 10.5. The average molecular weight is 367 g/mol. The lowest BCUT2D eigenvalue weighted by atomic mass is 10.1. The van der Waals surface area contributed by atoms with Crippen molar-refractivity contribution in [2.45, 2.75) is 13.3 Å².